The zero-order valence-corrected chi connectivity index (χ0v) is 4.56. The van der Waals surface area contributed by atoms with Gasteiger partial charge in [-0.25, -0.2) is 0 Å². The average molecular weight is 106 g/mol. The van der Waals surface area contributed by atoms with E-state index in [1.54, 1.807) is 0 Å². The molecule has 1 aliphatic rings. The molecule has 0 saturated carbocycles. The molecule has 0 bridgehead atoms. The minimum absolute atomic E-state index is 0.676. The lowest BCUT2D eigenvalue weighted by molar-refractivity contribution is 1.01. The molecule has 0 spiro atoms. The average Bonchev–Trinajstić information content (AvgIpc) is 1.30. The number of thioether (sulfide) groups is 1. The van der Waals surface area contributed by atoms with E-state index in [0.29, 0.717) is 4.58 Å². The van der Waals surface area contributed by atoms with Crippen molar-refractivity contribution in [3.63, 3.8) is 0 Å². The summed E-state index contributed by atoms with van der Waals surface area (Å²) in [5, 5.41) is 0. The molecular formula is C3H6S2. The number of hydrogen-bond acceptors (Lipinski definition) is 2. The van der Waals surface area contributed by atoms with Crippen LogP contribution in [0.1, 0.15) is 6.42 Å². The molecule has 0 aromatic carbocycles. The second-order valence-corrected chi connectivity index (χ2v) is 3.40. The fourth-order valence-corrected chi connectivity index (χ4v) is 1.30. The molecule has 0 aromatic heterocycles. The van der Waals surface area contributed by atoms with E-state index in [9.17, 15) is 0 Å². The van der Waals surface area contributed by atoms with E-state index in [0.717, 1.165) is 0 Å². The second kappa shape index (κ2) is 1.43. The molecule has 1 aliphatic heterocycles. The Kier molecular flexibility index (Phi) is 1.11. The van der Waals surface area contributed by atoms with Crippen molar-refractivity contribution in [2.45, 2.75) is 11.0 Å². The van der Waals surface area contributed by atoms with Gasteiger partial charge in [-0.3, -0.25) is 0 Å². The summed E-state index contributed by atoms with van der Waals surface area (Å²) in [5.74, 6) is 1.33. The van der Waals surface area contributed by atoms with Gasteiger partial charge in [0.2, 0.25) is 0 Å². The minimum Gasteiger partial charge on any atom is -0.165 e. The van der Waals surface area contributed by atoms with Crippen LogP contribution in [-0.4, -0.2) is 10.3 Å². The Balaban J connectivity index is 2.08. The van der Waals surface area contributed by atoms with E-state index in [4.69, 9.17) is 0 Å². The van der Waals surface area contributed by atoms with Gasteiger partial charge >= 0.3 is 0 Å². The summed E-state index contributed by atoms with van der Waals surface area (Å²) < 4.78 is 0.676. The van der Waals surface area contributed by atoms with Gasteiger partial charge in [0.15, 0.2) is 0 Å². The summed E-state index contributed by atoms with van der Waals surface area (Å²) in [4.78, 5) is 0. The molecule has 0 aromatic rings. The quantitative estimate of drug-likeness (QED) is 0.455. The Bertz CT molecular complexity index is 31.9. The predicted molar refractivity (Wildman–Crippen MR) is 29.8 cm³/mol. The highest BCUT2D eigenvalue weighted by Crippen LogP contribution is 2.29. The van der Waals surface area contributed by atoms with Crippen LogP contribution in [0.2, 0.25) is 0 Å². The van der Waals surface area contributed by atoms with Crippen LogP contribution in [0.15, 0.2) is 0 Å². The summed E-state index contributed by atoms with van der Waals surface area (Å²) in [5.41, 5.74) is 0. The highest BCUT2D eigenvalue weighted by atomic mass is 32.2. The maximum absolute atomic E-state index is 4.15. The van der Waals surface area contributed by atoms with Gasteiger partial charge < -0.3 is 0 Å². The molecule has 1 rings (SSSR count). The Labute approximate surface area is 41.7 Å². The molecule has 2 heteroatoms. The van der Waals surface area contributed by atoms with Crippen molar-refractivity contribution in [1.82, 2.24) is 0 Å². The van der Waals surface area contributed by atoms with Crippen LogP contribution in [-0.2, 0) is 0 Å². The van der Waals surface area contributed by atoms with Gasteiger partial charge in [0, 0.05) is 4.58 Å². The standard InChI is InChI=1S/C3H6S2/c4-3-1-2-5-3/h3-4H,1-2H2. The van der Waals surface area contributed by atoms with Crippen molar-refractivity contribution in [3.05, 3.63) is 0 Å². The van der Waals surface area contributed by atoms with E-state index in [-0.39, 0.29) is 0 Å². The monoisotopic (exact) mass is 106 g/mol. The van der Waals surface area contributed by atoms with Gasteiger partial charge in [0.05, 0.1) is 0 Å². The van der Waals surface area contributed by atoms with E-state index in [1.807, 2.05) is 11.8 Å². The first-order valence-corrected chi connectivity index (χ1v) is 3.26. The SMILES string of the molecule is SC1CCS1. The molecule has 5 heavy (non-hydrogen) atoms. The number of hydrogen-bond donors (Lipinski definition) is 1. The van der Waals surface area contributed by atoms with Crippen LogP contribution < -0.4 is 0 Å². The minimum atomic E-state index is 0.676. The molecule has 1 heterocycles. The first-order chi connectivity index (χ1) is 2.39. The van der Waals surface area contributed by atoms with E-state index in [1.165, 1.54) is 12.2 Å². The molecule has 1 saturated heterocycles. The van der Waals surface area contributed by atoms with Crippen LogP contribution in [0.3, 0.4) is 0 Å². The molecule has 0 N–H and O–H groups in total. The maximum Gasteiger partial charge on any atom is 0.0480 e. The van der Waals surface area contributed by atoms with Crippen LogP contribution in [0.5, 0.6) is 0 Å². The van der Waals surface area contributed by atoms with Gasteiger partial charge in [-0.15, -0.1) is 11.8 Å². The summed E-state index contributed by atoms with van der Waals surface area (Å²) in [6.07, 6.45) is 1.31. The Hall–Kier alpha value is 0.700. The van der Waals surface area contributed by atoms with Gasteiger partial charge in [-0.1, -0.05) is 0 Å². The van der Waals surface area contributed by atoms with Crippen LogP contribution in [0.25, 0.3) is 0 Å². The molecule has 0 amide bonds. The summed E-state index contributed by atoms with van der Waals surface area (Å²) >= 11 is 6.07. The fourth-order valence-electron chi connectivity index (χ4n) is 0.223. The molecule has 1 fully saturated rings. The Morgan fingerprint density at radius 3 is 2.20 bits per heavy atom. The van der Waals surface area contributed by atoms with Crippen molar-refractivity contribution in [1.29, 1.82) is 0 Å². The lowest BCUT2D eigenvalue weighted by Gasteiger charge is -2.17. The zero-order valence-electron chi connectivity index (χ0n) is 2.85. The third-order valence-corrected chi connectivity index (χ3v) is 2.47. The van der Waals surface area contributed by atoms with Crippen molar-refractivity contribution in [3.8, 4) is 0 Å². The van der Waals surface area contributed by atoms with Crippen LogP contribution >= 0.6 is 24.4 Å². The van der Waals surface area contributed by atoms with E-state index < -0.39 is 0 Å². The number of thiol groups is 1. The van der Waals surface area contributed by atoms with E-state index >= 15 is 0 Å². The van der Waals surface area contributed by atoms with Crippen LogP contribution in [0.4, 0.5) is 0 Å². The van der Waals surface area contributed by atoms with Gasteiger partial charge in [0.1, 0.15) is 0 Å². The maximum atomic E-state index is 4.15. The lowest BCUT2D eigenvalue weighted by Crippen LogP contribution is -2.06. The first-order valence-electron chi connectivity index (χ1n) is 1.69. The molecule has 0 nitrogen and oxygen atoms in total. The third kappa shape index (κ3) is 0.763. The first kappa shape index (κ1) is 3.88. The van der Waals surface area contributed by atoms with Crippen LogP contribution in [0, 0.1) is 0 Å². The smallest absolute Gasteiger partial charge is 0.0480 e. The van der Waals surface area contributed by atoms with Crippen molar-refractivity contribution < 1.29 is 0 Å². The molecular weight excluding hydrogens is 100 g/mol. The third-order valence-electron chi connectivity index (χ3n) is 0.675. The second-order valence-electron chi connectivity index (χ2n) is 1.11. The van der Waals surface area contributed by atoms with Crippen molar-refractivity contribution >= 4 is 24.4 Å². The molecule has 1 atom stereocenters. The largest absolute Gasteiger partial charge is 0.165 e. The highest BCUT2D eigenvalue weighted by molar-refractivity contribution is 8.11. The Morgan fingerprint density at radius 2 is 2.20 bits per heavy atom. The highest BCUT2D eigenvalue weighted by Gasteiger charge is 2.11. The molecule has 30 valence electrons. The normalized spacial score (nSPS) is 36.6. The van der Waals surface area contributed by atoms with Gasteiger partial charge in [0.25, 0.3) is 0 Å². The van der Waals surface area contributed by atoms with E-state index in [2.05, 4.69) is 12.6 Å². The topological polar surface area (TPSA) is 0 Å². The lowest BCUT2D eigenvalue weighted by atomic mass is 10.5. The predicted octanol–water partition coefficient (Wildman–Crippen LogP) is 1.38. The van der Waals surface area contributed by atoms with Crippen molar-refractivity contribution in [2.75, 3.05) is 5.75 Å². The Morgan fingerprint density at radius 1 is 1.80 bits per heavy atom. The summed E-state index contributed by atoms with van der Waals surface area (Å²) in [6, 6.07) is 0. The fraction of sp³-hybridized carbons (Fsp3) is 1.00. The van der Waals surface area contributed by atoms with Gasteiger partial charge in [-0.05, 0) is 12.2 Å². The molecule has 0 radical (unpaired) electrons. The molecule has 0 aliphatic carbocycles. The summed E-state index contributed by atoms with van der Waals surface area (Å²) in [7, 11) is 0. The molecule has 1 unspecified atom stereocenters. The zero-order chi connectivity index (χ0) is 3.70. The van der Waals surface area contributed by atoms with Gasteiger partial charge in [-0.2, -0.15) is 12.6 Å². The number of rotatable bonds is 0. The van der Waals surface area contributed by atoms with Crippen molar-refractivity contribution in [2.24, 2.45) is 0 Å². The summed E-state index contributed by atoms with van der Waals surface area (Å²) in [6.45, 7) is 0.